The van der Waals surface area contributed by atoms with Crippen molar-refractivity contribution in [1.29, 1.82) is 0 Å². The molecule has 21 heavy (non-hydrogen) atoms. The van der Waals surface area contributed by atoms with Crippen molar-refractivity contribution < 1.29 is 9.18 Å². The summed E-state index contributed by atoms with van der Waals surface area (Å²) in [5.41, 5.74) is 7.21. The molecule has 0 unspecified atom stereocenters. The van der Waals surface area contributed by atoms with Gasteiger partial charge in [-0.05, 0) is 30.3 Å². The molecule has 0 aliphatic carbocycles. The maximum absolute atomic E-state index is 14.0. The number of nitrogens with two attached hydrogens (primary N) is 1. The quantitative estimate of drug-likeness (QED) is 0.853. The number of halogens is 2. The molecule has 1 amide bonds. The van der Waals surface area contributed by atoms with Crippen LogP contribution in [0.15, 0.2) is 36.4 Å². The van der Waals surface area contributed by atoms with Crippen molar-refractivity contribution in [2.75, 3.05) is 25.1 Å². The first-order chi connectivity index (χ1) is 9.90. The van der Waals surface area contributed by atoms with E-state index in [1.165, 1.54) is 17.0 Å². The van der Waals surface area contributed by atoms with Gasteiger partial charge in [0.2, 0.25) is 0 Å². The lowest BCUT2D eigenvalue weighted by molar-refractivity contribution is 0.0828. The summed E-state index contributed by atoms with van der Waals surface area (Å²) in [6.07, 6.45) is 0. The Labute approximate surface area is 127 Å². The van der Waals surface area contributed by atoms with E-state index in [1.807, 2.05) is 0 Å². The number of nitrogens with zero attached hydrogens (tertiary/aromatic N) is 1. The Morgan fingerprint density at radius 2 is 1.95 bits per heavy atom. The molecule has 0 saturated carbocycles. The maximum atomic E-state index is 14.0. The number of anilines is 3. The molecule has 0 aliphatic rings. The van der Waals surface area contributed by atoms with Gasteiger partial charge in [0.05, 0.1) is 22.0 Å². The van der Waals surface area contributed by atoms with E-state index in [-0.39, 0.29) is 16.6 Å². The molecule has 0 heterocycles. The normalized spacial score (nSPS) is 10.3. The smallest absolute Gasteiger partial charge is 0.255 e. The minimum Gasteiger partial charge on any atom is -0.399 e. The van der Waals surface area contributed by atoms with E-state index in [0.717, 1.165) is 0 Å². The number of amides is 1. The molecule has 0 saturated heterocycles. The highest BCUT2D eigenvalue weighted by molar-refractivity contribution is 6.31. The fourth-order valence-electron chi connectivity index (χ4n) is 1.84. The van der Waals surface area contributed by atoms with Gasteiger partial charge in [-0.2, -0.15) is 0 Å². The average Bonchev–Trinajstić information content (AvgIpc) is 2.43. The standard InChI is InChI=1S/C15H15ClFN3O/c1-20(2)15(21)10-7-6-9(18)8-13(10)19-12-5-3-4-11(16)14(12)17/h3-8,19H,18H2,1-2H3. The Kier molecular flexibility index (Phi) is 4.33. The zero-order valence-electron chi connectivity index (χ0n) is 11.7. The Bertz CT molecular complexity index is 689. The monoisotopic (exact) mass is 307 g/mol. The molecule has 6 heteroatoms. The number of rotatable bonds is 3. The topological polar surface area (TPSA) is 58.4 Å². The van der Waals surface area contributed by atoms with Crippen LogP contribution in [-0.2, 0) is 0 Å². The van der Waals surface area contributed by atoms with Crippen LogP contribution < -0.4 is 11.1 Å². The van der Waals surface area contributed by atoms with Gasteiger partial charge in [0.15, 0.2) is 5.82 Å². The van der Waals surface area contributed by atoms with Crippen LogP contribution in [0.1, 0.15) is 10.4 Å². The Morgan fingerprint density at radius 3 is 2.62 bits per heavy atom. The van der Waals surface area contributed by atoms with Crippen molar-refractivity contribution in [1.82, 2.24) is 4.90 Å². The van der Waals surface area contributed by atoms with Gasteiger partial charge in [0.25, 0.3) is 5.91 Å². The van der Waals surface area contributed by atoms with E-state index in [0.29, 0.717) is 16.9 Å². The molecule has 2 aromatic carbocycles. The van der Waals surface area contributed by atoms with Crippen molar-refractivity contribution in [2.45, 2.75) is 0 Å². The van der Waals surface area contributed by atoms with Crippen LogP contribution in [0.5, 0.6) is 0 Å². The highest BCUT2D eigenvalue weighted by atomic mass is 35.5. The molecule has 110 valence electrons. The first-order valence-corrected chi connectivity index (χ1v) is 6.60. The van der Waals surface area contributed by atoms with E-state index in [2.05, 4.69) is 5.32 Å². The molecule has 0 aromatic heterocycles. The number of nitrogens with one attached hydrogen (secondary N) is 1. The van der Waals surface area contributed by atoms with Gasteiger partial charge < -0.3 is 16.0 Å². The Balaban J connectivity index is 2.46. The summed E-state index contributed by atoms with van der Waals surface area (Å²) in [7, 11) is 3.28. The van der Waals surface area contributed by atoms with Gasteiger partial charge in [0.1, 0.15) is 0 Å². The van der Waals surface area contributed by atoms with Crippen molar-refractivity contribution >= 4 is 34.6 Å². The molecule has 0 aliphatic heterocycles. The molecule has 2 aromatic rings. The zero-order valence-corrected chi connectivity index (χ0v) is 12.4. The Hall–Kier alpha value is -2.27. The van der Waals surface area contributed by atoms with Crippen LogP contribution >= 0.6 is 11.6 Å². The zero-order chi connectivity index (χ0) is 15.6. The summed E-state index contributed by atoms with van der Waals surface area (Å²) >= 11 is 5.75. The minimum absolute atomic E-state index is 0.00406. The van der Waals surface area contributed by atoms with Gasteiger partial charge in [0, 0.05) is 19.8 Å². The maximum Gasteiger partial charge on any atom is 0.255 e. The Morgan fingerprint density at radius 1 is 1.24 bits per heavy atom. The van der Waals surface area contributed by atoms with Gasteiger partial charge in [-0.15, -0.1) is 0 Å². The number of nitrogen functional groups attached to an aromatic ring is 1. The molecule has 4 nitrogen and oxygen atoms in total. The predicted molar refractivity (Wildman–Crippen MR) is 83.6 cm³/mol. The summed E-state index contributed by atoms with van der Waals surface area (Å²) in [5.74, 6) is -0.787. The van der Waals surface area contributed by atoms with Crippen LogP contribution in [0.25, 0.3) is 0 Å². The number of hydrogen-bond acceptors (Lipinski definition) is 3. The number of carbonyl (C=O) groups is 1. The summed E-state index contributed by atoms with van der Waals surface area (Å²) in [6.45, 7) is 0. The van der Waals surface area contributed by atoms with Crippen molar-refractivity contribution in [3.63, 3.8) is 0 Å². The highest BCUT2D eigenvalue weighted by Crippen LogP contribution is 2.28. The van der Waals surface area contributed by atoms with Crippen LogP contribution in [0.2, 0.25) is 5.02 Å². The SMILES string of the molecule is CN(C)C(=O)c1ccc(N)cc1Nc1cccc(Cl)c1F. The van der Waals surface area contributed by atoms with E-state index in [1.54, 1.807) is 38.4 Å². The molecule has 2 rings (SSSR count). The molecule has 0 bridgehead atoms. The summed E-state index contributed by atoms with van der Waals surface area (Å²) in [6, 6.07) is 9.41. The lowest BCUT2D eigenvalue weighted by atomic mass is 10.1. The largest absolute Gasteiger partial charge is 0.399 e. The van der Waals surface area contributed by atoms with Crippen molar-refractivity contribution in [3.8, 4) is 0 Å². The number of hydrogen-bond donors (Lipinski definition) is 2. The van der Waals surface area contributed by atoms with Crippen LogP contribution in [0.4, 0.5) is 21.5 Å². The lowest BCUT2D eigenvalue weighted by Gasteiger charge is -2.16. The molecule has 0 fully saturated rings. The second-order valence-electron chi connectivity index (χ2n) is 4.73. The number of carbonyl (C=O) groups excluding carboxylic acids is 1. The molecule has 0 atom stereocenters. The lowest BCUT2D eigenvalue weighted by Crippen LogP contribution is -2.22. The third-order valence-corrected chi connectivity index (χ3v) is 3.19. The highest BCUT2D eigenvalue weighted by Gasteiger charge is 2.15. The van der Waals surface area contributed by atoms with Gasteiger partial charge in [-0.1, -0.05) is 17.7 Å². The minimum atomic E-state index is -0.579. The first kappa shape index (κ1) is 15.1. The van der Waals surface area contributed by atoms with E-state index < -0.39 is 5.82 Å². The molecule has 0 spiro atoms. The van der Waals surface area contributed by atoms with E-state index in [9.17, 15) is 9.18 Å². The summed E-state index contributed by atoms with van der Waals surface area (Å²) in [5, 5.41) is 2.88. The van der Waals surface area contributed by atoms with Gasteiger partial charge >= 0.3 is 0 Å². The molecular formula is C15H15ClFN3O. The second kappa shape index (κ2) is 6.01. The van der Waals surface area contributed by atoms with Crippen molar-refractivity contribution in [2.24, 2.45) is 0 Å². The predicted octanol–water partition coefficient (Wildman–Crippen LogP) is 3.51. The van der Waals surface area contributed by atoms with E-state index >= 15 is 0 Å². The fraction of sp³-hybridized carbons (Fsp3) is 0.133. The molecule has 0 radical (unpaired) electrons. The van der Waals surface area contributed by atoms with Crippen molar-refractivity contribution in [3.05, 3.63) is 52.8 Å². The first-order valence-electron chi connectivity index (χ1n) is 6.22. The number of benzene rings is 2. The summed E-state index contributed by atoms with van der Waals surface area (Å²) < 4.78 is 14.0. The van der Waals surface area contributed by atoms with Crippen LogP contribution in [0, 0.1) is 5.82 Å². The van der Waals surface area contributed by atoms with Crippen LogP contribution in [-0.4, -0.2) is 24.9 Å². The fourth-order valence-corrected chi connectivity index (χ4v) is 2.01. The van der Waals surface area contributed by atoms with E-state index in [4.69, 9.17) is 17.3 Å². The van der Waals surface area contributed by atoms with Gasteiger partial charge in [-0.25, -0.2) is 4.39 Å². The second-order valence-corrected chi connectivity index (χ2v) is 5.14. The third kappa shape index (κ3) is 3.25. The molecule has 3 N–H and O–H groups in total. The van der Waals surface area contributed by atoms with Crippen LogP contribution in [0.3, 0.4) is 0 Å². The third-order valence-electron chi connectivity index (χ3n) is 2.90. The summed E-state index contributed by atoms with van der Waals surface area (Å²) in [4.78, 5) is 13.6. The molecular weight excluding hydrogens is 293 g/mol. The average molecular weight is 308 g/mol. The van der Waals surface area contributed by atoms with Gasteiger partial charge in [-0.3, -0.25) is 4.79 Å².